The van der Waals surface area contributed by atoms with Gasteiger partial charge in [-0.25, -0.2) is 46.7 Å². The average molecular weight is 994 g/mol. The Morgan fingerprint density at radius 1 is 0.718 bits per heavy atom. The molecule has 0 saturated carbocycles. The lowest BCUT2D eigenvalue weighted by Crippen LogP contribution is -2.43. The van der Waals surface area contributed by atoms with Crippen molar-refractivity contribution >= 4 is 45.3 Å². The number of nitrogens with one attached hydrogen (secondary N) is 2. The highest BCUT2D eigenvalue weighted by Crippen LogP contribution is 2.30. The molecule has 1 amide bonds. The van der Waals surface area contributed by atoms with Crippen molar-refractivity contribution in [3.63, 3.8) is 0 Å². The number of pyridine rings is 4. The molecule has 0 bridgehead atoms. The maximum Gasteiger partial charge on any atom is 0.408 e. The number of methoxy groups -OCH3 is 2. The van der Waals surface area contributed by atoms with Gasteiger partial charge in [-0.2, -0.15) is 13.2 Å². The SMILES string of the molecule is CC[C@@H](Nc1cc(F)c(C(=O)N[C@@H](Cc2ccc(-n3c(=O)c4ccncc4n(C)c3=O)nc2)C(=O)OC)c(F)c1F)C(F)(F)F.COC(=O)[C@@H](N)Cc1ccc(-n2c(=O)c3ccncc3n(C)c2=O)nc1. The van der Waals surface area contributed by atoms with E-state index in [0.29, 0.717) is 22.0 Å². The monoisotopic (exact) mass is 993 g/mol. The number of aryl methyl sites for hydroxylation is 2. The summed E-state index contributed by atoms with van der Waals surface area (Å²) in [6.45, 7) is 1.12. The van der Waals surface area contributed by atoms with Gasteiger partial charge < -0.3 is 25.8 Å². The minimum atomic E-state index is -4.86. The fourth-order valence-corrected chi connectivity index (χ4v) is 7.13. The molecule has 0 aliphatic carbocycles. The summed E-state index contributed by atoms with van der Waals surface area (Å²) in [6.07, 6.45) is 2.75. The van der Waals surface area contributed by atoms with Gasteiger partial charge in [0.2, 0.25) is 0 Å². The zero-order chi connectivity index (χ0) is 52.1. The summed E-state index contributed by atoms with van der Waals surface area (Å²) in [5.41, 5.74) is 2.34. The van der Waals surface area contributed by atoms with Gasteiger partial charge in [0, 0.05) is 51.4 Å². The summed E-state index contributed by atoms with van der Waals surface area (Å²) in [5, 5.41) is 4.26. The van der Waals surface area contributed by atoms with Crippen molar-refractivity contribution in [3.05, 3.63) is 155 Å². The Morgan fingerprint density at radius 2 is 1.21 bits per heavy atom. The summed E-state index contributed by atoms with van der Waals surface area (Å²) in [7, 11) is 5.23. The summed E-state index contributed by atoms with van der Waals surface area (Å²) >= 11 is 0. The Morgan fingerprint density at radius 3 is 1.65 bits per heavy atom. The molecule has 71 heavy (non-hydrogen) atoms. The third kappa shape index (κ3) is 10.9. The van der Waals surface area contributed by atoms with E-state index in [0.717, 1.165) is 23.2 Å². The van der Waals surface area contributed by atoms with Gasteiger partial charge in [0.25, 0.3) is 17.0 Å². The highest BCUT2D eigenvalue weighted by atomic mass is 19.4. The van der Waals surface area contributed by atoms with Crippen LogP contribution in [0.1, 0.15) is 34.8 Å². The van der Waals surface area contributed by atoms with Gasteiger partial charge in [0.05, 0.1) is 54.1 Å². The van der Waals surface area contributed by atoms with Gasteiger partial charge in [0.1, 0.15) is 41.1 Å². The summed E-state index contributed by atoms with van der Waals surface area (Å²) in [5.74, 6) is -8.81. The number of nitrogens with zero attached hydrogens (tertiary/aromatic N) is 8. The van der Waals surface area contributed by atoms with Crippen LogP contribution in [-0.4, -0.2) is 94.6 Å². The molecule has 0 fully saturated rings. The topological polar surface area (TPSA) is 259 Å². The number of amides is 1. The van der Waals surface area contributed by atoms with E-state index in [9.17, 15) is 59.9 Å². The van der Waals surface area contributed by atoms with Crippen LogP contribution < -0.4 is 38.9 Å². The number of carbonyl (C=O) groups excluding carboxylic acids is 3. The molecule has 7 aromatic rings. The van der Waals surface area contributed by atoms with E-state index in [1.54, 1.807) is 24.5 Å². The van der Waals surface area contributed by atoms with Crippen LogP contribution in [0.4, 0.5) is 32.0 Å². The number of nitrogens with two attached hydrogens (primary N) is 1. The number of rotatable bonds is 13. The molecule has 0 unspecified atom stereocenters. The second-order valence-corrected chi connectivity index (χ2v) is 15.4. The number of anilines is 1. The molecular formula is C45H41F6N11O9. The number of benzene rings is 1. The molecule has 4 N–H and O–H groups in total. The maximum absolute atomic E-state index is 14.8. The largest absolute Gasteiger partial charge is 0.468 e. The van der Waals surface area contributed by atoms with E-state index in [-0.39, 0.29) is 41.5 Å². The molecule has 6 heterocycles. The number of fused-ring (bicyclic) bond motifs is 2. The first-order chi connectivity index (χ1) is 33.6. The van der Waals surface area contributed by atoms with Gasteiger partial charge in [-0.3, -0.25) is 38.3 Å². The van der Waals surface area contributed by atoms with Gasteiger partial charge >= 0.3 is 29.5 Å². The fraction of sp³-hybridized carbons (Fsp3) is 0.267. The van der Waals surface area contributed by atoms with E-state index in [4.69, 9.17) is 5.73 Å². The van der Waals surface area contributed by atoms with Crippen LogP contribution in [0.2, 0.25) is 0 Å². The Balaban J connectivity index is 0.000000268. The highest BCUT2D eigenvalue weighted by molar-refractivity contribution is 5.97. The van der Waals surface area contributed by atoms with E-state index in [1.807, 2.05) is 5.32 Å². The maximum atomic E-state index is 14.8. The second-order valence-electron chi connectivity index (χ2n) is 15.4. The van der Waals surface area contributed by atoms with Crippen LogP contribution in [0.25, 0.3) is 33.4 Å². The van der Waals surface area contributed by atoms with Crippen molar-refractivity contribution in [1.29, 1.82) is 0 Å². The minimum Gasteiger partial charge on any atom is -0.468 e. The molecule has 0 aliphatic heterocycles. The number of ether oxygens (including phenoxy) is 2. The molecule has 0 saturated heterocycles. The summed E-state index contributed by atoms with van der Waals surface area (Å²) in [4.78, 5) is 104. The van der Waals surface area contributed by atoms with Gasteiger partial charge in [-0.1, -0.05) is 19.1 Å². The molecule has 20 nitrogen and oxygen atoms in total. The molecule has 0 aliphatic rings. The first kappa shape index (κ1) is 51.8. The number of hydrogen-bond donors (Lipinski definition) is 3. The molecule has 3 atom stereocenters. The third-order valence-corrected chi connectivity index (χ3v) is 10.9. The molecular weight excluding hydrogens is 953 g/mol. The minimum absolute atomic E-state index is 0.0779. The molecule has 0 spiro atoms. The molecule has 7 rings (SSSR count). The van der Waals surface area contributed by atoms with Crippen molar-refractivity contribution < 1.29 is 50.2 Å². The van der Waals surface area contributed by atoms with E-state index < -0.39 is 99.8 Å². The van der Waals surface area contributed by atoms with Crippen LogP contribution >= 0.6 is 0 Å². The molecule has 1 aromatic carbocycles. The zero-order valence-electron chi connectivity index (χ0n) is 38.0. The number of carbonyl (C=O) groups is 3. The van der Waals surface area contributed by atoms with Crippen molar-refractivity contribution in [1.82, 2.24) is 43.5 Å². The van der Waals surface area contributed by atoms with Crippen LogP contribution in [0.15, 0.2) is 98.8 Å². The second kappa shape index (κ2) is 21.4. The zero-order valence-corrected chi connectivity index (χ0v) is 38.0. The Hall–Kier alpha value is -8.55. The van der Waals surface area contributed by atoms with Crippen molar-refractivity contribution in [2.45, 2.75) is 50.5 Å². The predicted octanol–water partition coefficient (Wildman–Crippen LogP) is 2.69. The quantitative estimate of drug-likeness (QED) is 0.0853. The van der Waals surface area contributed by atoms with Crippen molar-refractivity contribution in [3.8, 4) is 11.6 Å². The molecule has 372 valence electrons. The number of halogens is 6. The Bertz CT molecular complexity index is 3420. The lowest BCUT2D eigenvalue weighted by molar-refractivity contribution is -0.143. The highest BCUT2D eigenvalue weighted by Gasteiger charge is 2.39. The van der Waals surface area contributed by atoms with Crippen LogP contribution in [0.3, 0.4) is 0 Å². The van der Waals surface area contributed by atoms with E-state index >= 15 is 0 Å². The normalized spacial score (nSPS) is 12.6. The number of aromatic nitrogens is 8. The predicted molar refractivity (Wildman–Crippen MR) is 241 cm³/mol. The molecule has 6 aromatic heterocycles. The standard InChI is InChI=1S/C28H24F6N6O5.C17H17N5O4/c1-4-19(28(32,33)34)37-16-10-15(29)21(23(31)22(16)30)24(41)38-17(26(43)45-3)9-13-5-6-20(36-11-13)40-25(42)14-7-8-35-12-18(14)39(2)27(40)44;1-21-13-9-19-6-5-11(13)15(23)22(17(21)25)14-4-3-10(8-20-14)7-12(18)16(24)26-2/h5-8,10-12,17,19,37H,4,9H2,1-3H3,(H,38,41);3-6,8-9,12H,7,18H2,1-2H3/t17-,19+;12-/m00/s1. The van der Waals surface area contributed by atoms with Crippen LogP contribution in [0, 0.1) is 17.5 Å². The number of esters is 2. The third-order valence-electron chi connectivity index (χ3n) is 10.9. The van der Waals surface area contributed by atoms with Crippen LogP contribution in [0.5, 0.6) is 0 Å². The first-order valence-electron chi connectivity index (χ1n) is 20.9. The number of alkyl halides is 3. The fourth-order valence-electron chi connectivity index (χ4n) is 7.13. The lowest BCUT2D eigenvalue weighted by Gasteiger charge is -2.22. The lowest BCUT2D eigenvalue weighted by atomic mass is 10.1. The first-order valence-corrected chi connectivity index (χ1v) is 20.9. The Labute approximate surface area is 395 Å². The van der Waals surface area contributed by atoms with Gasteiger partial charge in [-0.15, -0.1) is 0 Å². The Kier molecular flexibility index (Phi) is 15.6. The summed E-state index contributed by atoms with van der Waals surface area (Å²) < 4.78 is 97.0. The van der Waals surface area contributed by atoms with Crippen molar-refractivity contribution in [2.75, 3.05) is 19.5 Å². The van der Waals surface area contributed by atoms with Gasteiger partial charge in [-0.05, 0) is 48.2 Å². The molecule has 0 radical (unpaired) electrons. The smallest absolute Gasteiger partial charge is 0.408 e. The van der Waals surface area contributed by atoms with Crippen molar-refractivity contribution in [2.24, 2.45) is 19.8 Å². The van der Waals surface area contributed by atoms with E-state index in [2.05, 4.69) is 29.4 Å². The average Bonchev–Trinajstić information content (AvgIpc) is 3.35. The van der Waals surface area contributed by atoms with E-state index in [1.165, 1.54) is 84.7 Å². The van der Waals surface area contributed by atoms with Crippen LogP contribution in [-0.2, 0) is 46.0 Å². The summed E-state index contributed by atoms with van der Waals surface area (Å²) in [6, 6.07) is 4.29. The van der Waals surface area contributed by atoms with Gasteiger partial charge in [0.15, 0.2) is 11.6 Å². The molecule has 26 heteroatoms. The number of hydrogen-bond acceptors (Lipinski definition) is 15.